The molecule has 0 aliphatic carbocycles. The van der Waals surface area contributed by atoms with Crippen LogP contribution in [0.15, 0.2) is 65.0 Å². The molecule has 1 aliphatic rings. The summed E-state index contributed by atoms with van der Waals surface area (Å²) >= 11 is 1.45. The molecule has 1 N–H and O–H groups in total. The number of nitrogens with one attached hydrogen (secondary N) is 1. The third kappa shape index (κ3) is 4.95. The average Bonchev–Trinajstić information content (AvgIpc) is 3.51. The van der Waals surface area contributed by atoms with E-state index in [0.717, 1.165) is 28.8 Å². The summed E-state index contributed by atoms with van der Waals surface area (Å²) in [6.45, 7) is 5.74. The van der Waals surface area contributed by atoms with E-state index in [4.69, 9.17) is 0 Å². The molecular weight excluding hydrogens is 444 g/mol. The van der Waals surface area contributed by atoms with E-state index in [-0.39, 0.29) is 18.0 Å². The van der Waals surface area contributed by atoms with Gasteiger partial charge in [-0.1, -0.05) is 54.1 Å². The molecule has 1 saturated heterocycles. The molecule has 0 saturated carbocycles. The fourth-order valence-corrected chi connectivity index (χ4v) is 5.31. The van der Waals surface area contributed by atoms with Crippen molar-refractivity contribution >= 4 is 27.5 Å². The molecule has 174 valence electrons. The van der Waals surface area contributed by atoms with Crippen LogP contribution in [-0.4, -0.2) is 33.4 Å². The highest BCUT2D eigenvalue weighted by Crippen LogP contribution is 2.30. The number of thiophene rings is 1. The van der Waals surface area contributed by atoms with Gasteiger partial charge in [0.2, 0.25) is 5.91 Å². The lowest BCUT2D eigenvalue weighted by molar-refractivity contribution is -0.121. The molecule has 0 bridgehead atoms. The second kappa shape index (κ2) is 9.91. The van der Waals surface area contributed by atoms with E-state index in [1.54, 1.807) is 0 Å². The summed E-state index contributed by atoms with van der Waals surface area (Å²) in [4.78, 5) is 33.4. The Morgan fingerprint density at radius 1 is 1.03 bits per heavy atom. The van der Waals surface area contributed by atoms with E-state index >= 15 is 0 Å². The molecule has 34 heavy (non-hydrogen) atoms. The van der Waals surface area contributed by atoms with Crippen molar-refractivity contribution in [2.75, 3.05) is 13.1 Å². The van der Waals surface area contributed by atoms with Gasteiger partial charge in [0.15, 0.2) is 0 Å². The van der Waals surface area contributed by atoms with Gasteiger partial charge in [-0.25, -0.2) is 4.98 Å². The molecule has 0 atom stereocenters. The first kappa shape index (κ1) is 22.5. The number of benzene rings is 2. The third-order valence-electron chi connectivity index (χ3n) is 6.35. The van der Waals surface area contributed by atoms with E-state index in [2.05, 4.69) is 39.5 Å². The molecule has 4 aromatic rings. The van der Waals surface area contributed by atoms with Crippen LogP contribution in [0.5, 0.6) is 0 Å². The number of rotatable bonds is 7. The summed E-state index contributed by atoms with van der Waals surface area (Å²) in [5, 5.41) is 5.45. The van der Waals surface area contributed by atoms with Gasteiger partial charge in [-0.2, -0.15) is 0 Å². The zero-order chi connectivity index (χ0) is 23.5. The fourth-order valence-electron chi connectivity index (χ4n) is 4.40. The smallest absolute Gasteiger partial charge is 0.263 e. The van der Waals surface area contributed by atoms with Gasteiger partial charge in [0.25, 0.3) is 5.56 Å². The summed E-state index contributed by atoms with van der Waals surface area (Å²) in [5.74, 6) is -0.212. The number of amides is 1. The van der Waals surface area contributed by atoms with Gasteiger partial charge >= 0.3 is 0 Å². The van der Waals surface area contributed by atoms with Gasteiger partial charge in [-0.05, 0) is 49.5 Å². The maximum atomic E-state index is 13.2. The Morgan fingerprint density at radius 3 is 2.47 bits per heavy atom. The fraction of sp³-hybridized carbons (Fsp3) is 0.296. The molecule has 0 unspecified atom stereocenters. The zero-order valence-corrected chi connectivity index (χ0v) is 20.1. The van der Waals surface area contributed by atoms with Crippen LogP contribution < -0.4 is 10.9 Å². The standard InChI is InChI=1S/C27H28N4O2S/c1-19-4-10-22(11-5-19)23-17-34-26-25(23)27(33)31(18-29-26)16-24(32)28-14-20-6-8-21(9-7-20)15-30-12-2-3-13-30/h4-11,17-18H,2-3,12-16H2,1H3,(H,28,32). The molecule has 2 aromatic carbocycles. The third-order valence-corrected chi connectivity index (χ3v) is 7.24. The van der Waals surface area contributed by atoms with Crippen molar-refractivity contribution in [3.63, 3.8) is 0 Å². The summed E-state index contributed by atoms with van der Waals surface area (Å²) in [7, 11) is 0. The average molecular weight is 473 g/mol. The van der Waals surface area contributed by atoms with Crippen LogP contribution in [-0.2, 0) is 24.4 Å². The second-order valence-electron chi connectivity index (χ2n) is 8.95. The predicted octanol–water partition coefficient (Wildman–Crippen LogP) is 4.35. The van der Waals surface area contributed by atoms with Crippen LogP contribution >= 0.6 is 11.3 Å². The van der Waals surface area contributed by atoms with Crippen molar-refractivity contribution in [3.8, 4) is 11.1 Å². The van der Waals surface area contributed by atoms with E-state index < -0.39 is 0 Å². The van der Waals surface area contributed by atoms with Gasteiger partial charge in [0, 0.05) is 24.0 Å². The maximum absolute atomic E-state index is 13.2. The van der Waals surface area contributed by atoms with E-state index in [1.807, 2.05) is 36.6 Å². The Bertz CT molecular complexity index is 1350. The SMILES string of the molecule is Cc1ccc(-c2csc3ncn(CC(=O)NCc4ccc(CN5CCCC5)cc4)c(=O)c23)cc1. The van der Waals surface area contributed by atoms with Crippen LogP contribution in [0.4, 0.5) is 0 Å². The number of hydrogen-bond donors (Lipinski definition) is 1. The Morgan fingerprint density at radius 2 is 1.74 bits per heavy atom. The van der Waals surface area contributed by atoms with Gasteiger partial charge < -0.3 is 5.32 Å². The lowest BCUT2D eigenvalue weighted by Gasteiger charge is -2.14. The van der Waals surface area contributed by atoms with Crippen molar-refractivity contribution < 1.29 is 4.79 Å². The van der Waals surface area contributed by atoms with Crippen molar-refractivity contribution in [2.45, 2.75) is 39.4 Å². The Labute approximate surface area is 202 Å². The molecule has 7 heteroatoms. The molecule has 0 radical (unpaired) electrons. The first-order chi connectivity index (χ1) is 16.6. The van der Waals surface area contributed by atoms with Crippen molar-refractivity contribution in [1.29, 1.82) is 0 Å². The van der Waals surface area contributed by atoms with Crippen LogP contribution in [0.25, 0.3) is 21.3 Å². The van der Waals surface area contributed by atoms with Crippen LogP contribution in [0.3, 0.4) is 0 Å². The van der Waals surface area contributed by atoms with Crippen LogP contribution in [0.1, 0.15) is 29.5 Å². The Balaban J connectivity index is 1.24. The molecule has 1 aliphatic heterocycles. The van der Waals surface area contributed by atoms with Crippen molar-refractivity contribution in [2.24, 2.45) is 0 Å². The maximum Gasteiger partial charge on any atom is 0.263 e. The number of likely N-dealkylation sites (tertiary alicyclic amines) is 1. The molecule has 2 aromatic heterocycles. The Hall–Kier alpha value is -3.29. The molecule has 3 heterocycles. The Kier molecular flexibility index (Phi) is 6.56. The van der Waals surface area contributed by atoms with Crippen molar-refractivity contribution in [1.82, 2.24) is 19.8 Å². The highest BCUT2D eigenvalue weighted by atomic mass is 32.1. The van der Waals surface area contributed by atoms with Crippen LogP contribution in [0, 0.1) is 6.92 Å². The number of aryl methyl sites for hydroxylation is 1. The molecule has 5 rings (SSSR count). The van der Waals surface area contributed by atoms with Crippen molar-refractivity contribution in [3.05, 3.63) is 87.3 Å². The minimum absolute atomic E-state index is 0.0575. The first-order valence-electron chi connectivity index (χ1n) is 11.7. The lowest BCUT2D eigenvalue weighted by atomic mass is 10.1. The summed E-state index contributed by atoms with van der Waals surface area (Å²) < 4.78 is 1.39. The van der Waals surface area contributed by atoms with Gasteiger partial charge in [-0.15, -0.1) is 11.3 Å². The highest BCUT2D eigenvalue weighted by molar-refractivity contribution is 7.17. The minimum Gasteiger partial charge on any atom is -0.350 e. The summed E-state index contributed by atoms with van der Waals surface area (Å²) in [5.41, 5.74) is 5.15. The number of carbonyl (C=O) groups excluding carboxylic acids is 1. The monoisotopic (exact) mass is 472 g/mol. The number of aromatic nitrogens is 2. The number of fused-ring (bicyclic) bond motifs is 1. The minimum atomic E-state index is -0.212. The van der Waals surface area contributed by atoms with Gasteiger partial charge in [-0.3, -0.25) is 19.1 Å². The highest BCUT2D eigenvalue weighted by Gasteiger charge is 2.15. The first-order valence-corrected chi connectivity index (χ1v) is 12.6. The van der Waals surface area contributed by atoms with Gasteiger partial charge in [0.1, 0.15) is 11.4 Å². The molecular formula is C27H28N4O2S. The largest absolute Gasteiger partial charge is 0.350 e. The topological polar surface area (TPSA) is 67.2 Å². The summed E-state index contributed by atoms with van der Waals surface area (Å²) in [6, 6.07) is 16.5. The van der Waals surface area contributed by atoms with E-state index in [1.165, 1.54) is 53.7 Å². The second-order valence-corrected chi connectivity index (χ2v) is 9.81. The molecule has 1 fully saturated rings. The predicted molar refractivity (Wildman–Crippen MR) is 137 cm³/mol. The molecule has 1 amide bonds. The van der Waals surface area contributed by atoms with Crippen LogP contribution in [0.2, 0.25) is 0 Å². The van der Waals surface area contributed by atoms with Gasteiger partial charge in [0.05, 0.1) is 11.7 Å². The number of nitrogens with zero attached hydrogens (tertiary/aromatic N) is 3. The lowest BCUT2D eigenvalue weighted by Crippen LogP contribution is -2.32. The quantitative estimate of drug-likeness (QED) is 0.434. The number of hydrogen-bond acceptors (Lipinski definition) is 5. The van der Waals surface area contributed by atoms with E-state index in [9.17, 15) is 9.59 Å². The normalized spacial score (nSPS) is 14.0. The number of carbonyl (C=O) groups is 1. The summed E-state index contributed by atoms with van der Waals surface area (Å²) in [6.07, 6.45) is 4.04. The molecule has 6 nitrogen and oxygen atoms in total. The molecule has 0 spiro atoms. The zero-order valence-electron chi connectivity index (χ0n) is 19.3. The van der Waals surface area contributed by atoms with E-state index in [0.29, 0.717) is 16.8 Å².